The number of carbonyl (C=O) groups is 3. The molecular formula is C25H21FN2O5S. The molecule has 2 heterocycles. The molecule has 0 radical (unpaired) electrons. The Bertz CT molecular complexity index is 1200. The van der Waals surface area contributed by atoms with Crippen molar-refractivity contribution in [3.05, 3.63) is 95.1 Å². The molecule has 4 rings (SSSR count). The van der Waals surface area contributed by atoms with Crippen LogP contribution in [0.2, 0.25) is 0 Å². The summed E-state index contributed by atoms with van der Waals surface area (Å²) in [6.07, 6.45) is 1.49. The standard InChI is InChI=1S/C25H21FN2O5S/c1-16-14-18(24(30)32-12-13-33-25(31)20-4-2-3-11-27-20)7-10-21(16)28-22(29)15-34-23(28)17-5-8-19(26)9-6-17/h2-11,14,23H,12-13,15H2,1H3. The number of ether oxygens (including phenoxy) is 2. The first-order chi connectivity index (χ1) is 16.4. The van der Waals surface area contributed by atoms with Gasteiger partial charge in [0, 0.05) is 11.9 Å². The van der Waals surface area contributed by atoms with E-state index in [1.807, 2.05) is 0 Å². The Morgan fingerprint density at radius 1 is 1.06 bits per heavy atom. The summed E-state index contributed by atoms with van der Waals surface area (Å²) >= 11 is 1.46. The largest absolute Gasteiger partial charge is 0.458 e. The Morgan fingerprint density at radius 2 is 1.79 bits per heavy atom. The highest BCUT2D eigenvalue weighted by Crippen LogP contribution is 2.42. The summed E-state index contributed by atoms with van der Waals surface area (Å²) in [6, 6.07) is 15.9. The average molecular weight is 481 g/mol. The second-order valence-electron chi connectivity index (χ2n) is 7.47. The van der Waals surface area contributed by atoms with Gasteiger partial charge in [-0.1, -0.05) is 18.2 Å². The van der Waals surface area contributed by atoms with E-state index in [9.17, 15) is 18.8 Å². The van der Waals surface area contributed by atoms with Gasteiger partial charge >= 0.3 is 11.9 Å². The van der Waals surface area contributed by atoms with Gasteiger partial charge in [-0.15, -0.1) is 11.8 Å². The lowest BCUT2D eigenvalue weighted by atomic mass is 10.1. The van der Waals surface area contributed by atoms with Gasteiger partial charge in [0.05, 0.1) is 11.3 Å². The summed E-state index contributed by atoms with van der Waals surface area (Å²) in [6.45, 7) is 1.60. The van der Waals surface area contributed by atoms with E-state index in [0.717, 1.165) is 11.1 Å². The van der Waals surface area contributed by atoms with E-state index in [1.165, 1.54) is 36.2 Å². The van der Waals surface area contributed by atoms with E-state index in [0.29, 0.717) is 17.0 Å². The van der Waals surface area contributed by atoms with Crippen molar-refractivity contribution in [3.63, 3.8) is 0 Å². The molecule has 34 heavy (non-hydrogen) atoms. The van der Waals surface area contributed by atoms with Crippen LogP contribution in [0.1, 0.15) is 37.3 Å². The van der Waals surface area contributed by atoms with Gasteiger partial charge in [0.15, 0.2) is 0 Å². The van der Waals surface area contributed by atoms with Crippen LogP contribution in [0.3, 0.4) is 0 Å². The number of esters is 2. The zero-order valence-electron chi connectivity index (χ0n) is 18.3. The van der Waals surface area contributed by atoms with Gasteiger partial charge in [0.1, 0.15) is 30.1 Å². The van der Waals surface area contributed by atoms with E-state index in [1.54, 1.807) is 54.3 Å². The molecule has 1 aromatic heterocycles. The predicted octanol–water partition coefficient (Wildman–Crippen LogP) is 4.32. The van der Waals surface area contributed by atoms with Crippen molar-refractivity contribution in [1.29, 1.82) is 0 Å². The van der Waals surface area contributed by atoms with Crippen LogP contribution >= 0.6 is 11.8 Å². The number of hydrogen-bond donors (Lipinski definition) is 0. The van der Waals surface area contributed by atoms with Gasteiger partial charge in [-0.3, -0.25) is 9.69 Å². The maximum atomic E-state index is 13.3. The lowest BCUT2D eigenvalue weighted by molar-refractivity contribution is -0.115. The number of nitrogens with zero attached hydrogens (tertiary/aromatic N) is 2. The van der Waals surface area contributed by atoms with Crippen molar-refractivity contribution >= 4 is 35.3 Å². The summed E-state index contributed by atoms with van der Waals surface area (Å²) in [5.41, 5.74) is 2.70. The molecule has 1 atom stereocenters. The zero-order valence-corrected chi connectivity index (χ0v) is 19.1. The maximum Gasteiger partial charge on any atom is 0.357 e. The lowest BCUT2D eigenvalue weighted by Crippen LogP contribution is -2.28. The van der Waals surface area contributed by atoms with Crippen molar-refractivity contribution in [2.45, 2.75) is 12.3 Å². The van der Waals surface area contributed by atoms with Crippen molar-refractivity contribution in [2.75, 3.05) is 23.9 Å². The number of halogens is 1. The van der Waals surface area contributed by atoms with Crippen LogP contribution in [0.5, 0.6) is 0 Å². The number of pyridine rings is 1. The van der Waals surface area contributed by atoms with Crippen LogP contribution in [-0.4, -0.2) is 41.8 Å². The Kier molecular flexibility index (Phi) is 7.22. The number of aryl methyl sites for hydroxylation is 1. The van der Waals surface area contributed by atoms with Gasteiger partial charge in [-0.05, 0) is 60.5 Å². The molecule has 1 unspecified atom stereocenters. The molecule has 2 aromatic carbocycles. The quantitative estimate of drug-likeness (QED) is 0.368. The summed E-state index contributed by atoms with van der Waals surface area (Å²) in [5, 5.41) is -0.279. The highest BCUT2D eigenvalue weighted by atomic mass is 32.2. The Hall–Kier alpha value is -3.72. The van der Waals surface area contributed by atoms with Crippen molar-refractivity contribution in [2.24, 2.45) is 0 Å². The molecular weight excluding hydrogens is 459 g/mol. The maximum absolute atomic E-state index is 13.3. The molecule has 7 nitrogen and oxygen atoms in total. The van der Waals surface area contributed by atoms with E-state index in [2.05, 4.69) is 4.98 Å². The van der Waals surface area contributed by atoms with Crippen LogP contribution in [-0.2, 0) is 14.3 Å². The third kappa shape index (κ3) is 5.26. The third-order valence-electron chi connectivity index (χ3n) is 5.14. The Labute approximate surface area is 199 Å². The van der Waals surface area contributed by atoms with Crippen LogP contribution < -0.4 is 4.90 Å². The van der Waals surface area contributed by atoms with Gasteiger partial charge < -0.3 is 9.47 Å². The molecule has 0 bridgehead atoms. The van der Waals surface area contributed by atoms with Crippen LogP contribution in [0, 0.1) is 12.7 Å². The van der Waals surface area contributed by atoms with Crippen molar-refractivity contribution < 1.29 is 28.2 Å². The van der Waals surface area contributed by atoms with Gasteiger partial charge in [0.2, 0.25) is 5.91 Å². The fourth-order valence-electron chi connectivity index (χ4n) is 3.52. The first-order valence-corrected chi connectivity index (χ1v) is 11.5. The van der Waals surface area contributed by atoms with Gasteiger partial charge in [0.25, 0.3) is 0 Å². The molecule has 0 spiro atoms. The molecule has 1 fully saturated rings. The number of carbonyl (C=O) groups excluding carboxylic acids is 3. The molecule has 1 saturated heterocycles. The number of aromatic nitrogens is 1. The highest BCUT2D eigenvalue weighted by Gasteiger charge is 2.35. The smallest absolute Gasteiger partial charge is 0.357 e. The number of amides is 1. The second-order valence-corrected chi connectivity index (χ2v) is 8.54. The van der Waals surface area contributed by atoms with Crippen LogP contribution in [0.25, 0.3) is 0 Å². The number of hydrogen-bond acceptors (Lipinski definition) is 7. The van der Waals surface area contributed by atoms with E-state index in [-0.39, 0.29) is 36.0 Å². The predicted molar refractivity (Wildman–Crippen MR) is 125 cm³/mol. The van der Waals surface area contributed by atoms with E-state index >= 15 is 0 Å². The number of anilines is 1. The van der Waals surface area contributed by atoms with Crippen LogP contribution in [0.15, 0.2) is 66.9 Å². The topological polar surface area (TPSA) is 85.8 Å². The lowest BCUT2D eigenvalue weighted by Gasteiger charge is -2.26. The first kappa shape index (κ1) is 23.4. The Balaban J connectivity index is 1.38. The van der Waals surface area contributed by atoms with Crippen LogP contribution in [0.4, 0.5) is 10.1 Å². The molecule has 1 amide bonds. The molecule has 0 aliphatic carbocycles. The van der Waals surface area contributed by atoms with E-state index in [4.69, 9.17) is 9.47 Å². The molecule has 0 N–H and O–H groups in total. The third-order valence-corrected chi connectivity index (χ3v) is 6.35. The molecule has 0 saturated carbocycles. The first-order valence-electron chi connectivity index (χ1n) is 10.5. The van der Waals surface area contributed by atoms with Gasteiger partial charge in [-0.25, -0.2) is 19.0 Å². The monoisotopic (exact) mass is 480 g/mol. The number of benzene rings is 2. The summed E-state index contributed by atoms with van der Waals surface area (Å²) in [7, 11) is 0. The minimum absolute atomic E-state index is 0.0625. The molecule has 9 heteroatoms. The fourth-order valence-corrected chi connectivity index (χ4v) is 4.69. The van der Waals surface area contributed by atoms with Gasteiger partial charge in [-0.2, -0.15) is 0 Å². The molecule has 174 valence electrons. The summed E-state index contributed by atoms with van der Waals surface area (Å²) in [4.78, 5) is 42.5. The molecule has 1 aliphatic heterocycles. The molecule has 1 aliphatic rings. The second kappa shape index (κ2) is 10.5. The highest BCUT2D eigenvalue weighted by molar-refractivity contribution is 8.00. The Morgan fingerprint density at radius 3 is 2.47 bits per heavy atom. The zero-order chi connectivity index (χ0) is 24.1. The molecule has 3 aromatic rings. The van der Waals surface area contributed by atoms with E-state index < -0.39 is 11.9 Å². The minimum Gasteiger partial charge on any atom is -0.458 e. The number of rotatable bonds is 7. The van der Waals surface area contributed by atoms with Crippen molar-refractivity contribution in [1.82, 2.24) is 4.98 Å². The summed E-state index contributed by atoms with van der Waals surface area (Å²) < 4.78 is 23.6. The fraction of sp³-hybridized carbons (Fsp3) is 0.200. The minimum atomic E-state index is -0.597. The summed E-state index contributed by atoms with van der Waals surface area (Å²) in [5.74, 6) is -1.26. The SMILES string of the molecule is Cc1cc(C(=O)OCCOC(=O)c2ccccn2)ccc1N1C(=O)CSC1c1ccc(F)cc1. The normalized spacial score (nSPS) is 15.3. The number of thioether (sulfide) groups is 1. The average Bonchev–Trinajstić information content (AvgIpc) is 3.23. The van der Waals surface area contributed by atoms with Crippen molar-refractivity contribution in [3.8, 4) is 0 Å².